The van der Waals surface area contributed by atoms with Crippen LogP contribution in [0.15, 0.2) is 0 Å². The van der Waals surface area contributed by atoms with Crippen molar-refractivity contribution >= 4 is 12.6 Å². The van der Waals surface area contributed by atoms with Crippen molar-refractivity contribution in [3.8, 4) is 0 Å². The van der Waals surface area contributed by atoms with Crippen LogP contribution in [0.5, 0.6) is 0 Å². The number of hydrogen-bond acceptors (Lipinski definition) is 2. The molecule has 0 amide bonds. The summed E-state index contributed by atoms with van der Waals surface area (Å²) < 4.78 is 0. The highest BCUT2D eigenvalue weighted by molar-refractivity contribution is 7.80. The fourth-order valence-electron chi connectivity index (χ4n) is 1.31. The summed E-state index contributed by atoms with van der Waals surface area (Å²) in [5, 5.41) is 0. The van der Waals surface area contributed by atoms with Gasteiger partial charge in [0.2, 0.25) is 0 Å². The van der Waals surface area contributed by atoms with E-state index in [0.29, 0.717) is 0 Å². The first kappa shape index (κ1) is 12.3. The Kier molecular flexibility index (Phi) is 9.64. The first-order chi connectivity index (χ1) is 5.85. The second kappa shape index (κ2) is 9.40. The van der Waals surface area contributed by atoms with Crippen LogP contribution in [-0.2, 0) is 0 Å². The van der Waals surface area contributed by atoms with E-state index < -0.39 is 0 Å². The molecule has 0 aliphatic heterocycles. The van der Waals surface area contributed by atoms with Crippen LogP contribution in [0.25, 0.3) is 0 Å². The molecule has 0 atom stereocenters. The summed E-state index contributed by atoms with van der Waals surface area (Å²) in [7, 11) is 0. The van der Waals surface area contributed by atoms with Crippen molar-refractivity contribution in [2.45, 2.75) is 39.5 Å². The standard InChI is InChI=1S/C10H23NS/c1-3-5-6-8-11(4-2)9-7-10-12/h12H,3-10H2,1-2H3. The summed E-state index contributed by atoms with van der Waals surface area (Å²) in [4.78, 5) is 2.52. The largest absolute Gasteiger partial charge is 0.304 e. The van der Waals surface area contributed by atoms with Gasteiger partial charge in [0.05, 0.1) is 0 Å². The molecule has 0 fully saturated rings. The summed E-state index contributed by atoms with van der Waals surface area (Å²) in [6, 6.07) is 0. The third-order valence-electron chi connectivity index (χ3n) is 2.16. The van der Waals surface area contributed by atoms with E-state index >= 15 is 0 Å². The van der Waals surface area contributed by atoms with Gasteiger partial charge in [0.1, 0.15) is 0 Å². The normalized spacial score (nSPS) is 11.0. The zero-order valence-electron chi connectivity index (χ0n) is 8.55. The van der Waals surface area contributed by atoms with Gasteiger partial charge in [0, 0.05) is 0 Å². The van der Waals surface area contributed by atoms with Crippen molar-refractivity contribution in [3.05, 3.63) is 0 Å². The summed E-state index contributed by atoms with van der Waals surface area (Å²) in [5.41, 5.74) is 0. The highest BCUT2D eigenvalue weighted by Crippen LogP contribution is 1.99. The fraction of sp³-hybridized carbons (Fsp3) is 1.00. The highest BCUT2D eigenvalue weighted by atomic mass is 32.1. The molecule has 74 valence electrons. The van der Waals surface area contributed by atoms with Crippen molar-refractivity contribution in [3.63, 3.8) is 0 Å². The number of rotatable bonds is 8. The van der Waals surface area contributed by atoms with Gasteiger partial charge in [-0.15, -0.1) is 0 Å². The van der Waals surface area contributed by atoms with E-state index in [1.807, 2.05) is 0 Å². The maximum atomic E-state index is 4.22. The summed E-state index contributed by atoms with van der Waals surface area (Å²) in [5.74, 6) is 1.02. The van der Waals surface area contributed by atoms with E-state index in [9.17, 15) is 0 Å². The molecule has 0 aliphatic carbocycles. The number of hydrogen-bond donors (Lipinski definition) is 1. The minimum atomic E-state index is 1.02. The van der Waals surface area contributed by atoms with Crippen LogP contribution >= 0.6 is 12.6 Å². The van der Waals surface area contributed by atoms with Crippen LogP contribution in [0.3, 0.4) is 0 Å². The monoisotopic (exact) mass is 189 g/mol. The Morgan fingerprint density at radius 1 is 1.00 bits per heavy atom. The van der Waals surface area contributed by atoms with Crippen molar-refractivity contribution in [2.24, 2.45) is 0 Å². The molecule has 2 heteroatoms. The van der Waals surface area contributed by atoms with Crippen LogP contribution < -0.4 is 0 Å². The van der Waals surface area contributed by atoms with Crippen LogP contribution in [0, 0.1) is 0 Å². The number of unbranched alkanes of at least 4 members (excludes halogenated alkanes) is 2. The molecule has 0 radical (unpaired) electrons. The molecule has 0 saturated carbocycles. The molecule has 0 bridgehead atoms. The smallest absolute Gasteiger partial charge is 0.00111 e. The van der Waals surface area contributed by atoms with E-state index in [1.165, 1.54) is 45.3 Å². The average molecular weight is 189 g/mol. The lowest BCUT2D eigenvalue weighted by Crippen LogP contribution is -2.25. The van der Waals surface area contributed by atoms with Crippen LogP contribution in [0.2, 0.25) is 0 Å². The molecule has 0 aromatic rings. The second-order valence-electron chi connectivity index (χ2n) is 3.22. The Morgan fingerprint density at radius 3 is 2.17 bits per heavy atom. The van der Waals surface area contributed by atoms with Crippen molar-refractivity contribution < 1.29 is 0 Å². The molecule has 0 unspecified atom stereocenters. The molecule has 0 aromatic heterocycles. The van der Waals surface area contributed by atoms with E-state index in [1.54, 1.807) is 0 Å². The van der Waals surface area contributed by atoms with Gasteiger partial charge in [-0.2, -0.15) is 12.6 Å². The molecular weight excluding hydrogens is 166 g/mol. The lowest BCUT2D eigenvalue weighted by atomic mass is 10.2. The Morgan fingerprint density at radius 2 is 1.67 bits per heavy atom. The Balaban J connectivity index is 3.26. The summed E-state index contributed by atoms with van der Waals surface area (Å²) in [6.07, 6.45) is 5.28. The number of thiol groups is 1. The maximum Gasteiger partial charge on any atom is -0.00111 e. The van der Waals surface area contributed by atoms with Gasteiger partial charge in [-0.25, -0.2) is 0 Å². The first-order valence-corrected chi connectivity index (χ1v) is 5.81. The molecule has 1 nitrogen and oxygen atoms in total. The Labute approximate surface area is 82.9 Å². The topological polar surface area (TPSA) is 3.24 Å². The Hall–Kier alpha value is 0.310. The van der Waals surface area contributed by atoms with Gasteiger partial charge in [-0.1, -0.05) is 26.7 Å². The second-order valence-corrected chi connectivity index (χ2v) is 3.67. The molecule has 0 spiro atoms. The molecule has 0 aromatic carbocycles. The van der Waals surface area contributed by atoms with E-state index in [0.717, 1.165) is 5.75 Å². The molecule has 0 aliphatic rings. The van der Waals surface area contributed by atoms with E-state index in [2.05, 4.69) is 31.4 Å². The van der Waals surface area contributed by atoms with E-state index in [4.69, 9.17) is 0 Å². The molecule has 0 saturated heterocycles. The minimum absolute atomic E-state index is 1.02. The third kappa shape index (κ3) is 6.99. The van der Waals surface area contributed by atoms with Crippen molar-refractivity contribution in [1.29, 1.82) is 0 Å². The van der Waals surface area contributed by atoms with Gasteiger partial charge in [-0.3, -0.25) is 0 Å². The van der Waals surface area contributed by atoms with Crippen molar-refractivity contribution in [2.75, 3.05) is 25.4 Å². The highest BCUT2D eigenvalue weighted by Gasteiger charge is 1.99. The lowest BCUT2D eigenvalue weighted by molar-refractivity contribution is 0.283. The molecule has 0 heterocycles. The zero-order chi connectivity index (χ0) is 9.23. The van der Waals surface area contributed by atoms with E-state index in [-0.39, 0.29) is 0 Å². The number of nitrogens with zero attached hydrogens (tertiary/aromatic N) is 1. The predicted octanol–water partition coefficient (Wildman–Crippen LogP) is 2.82. The molecular formula is C10H23NS. The average Bonchev–Trinajstić information content (AvgIpc) is 2.11. The first-order valence-electron chi connectivity index (χ1n) is 5.18. The van der Waals surface area contributed by atoms with Crippen LogP contribution in [-0.4, -0.2) is 30.3 Å². The lowest BCUT2D eigenvalue weighted by Gasteiger charge is -2.19. The van der Waals surface area contributed by atoms with Gasteiger partial charge in [0.25, 0.3) is 0 Å². The minimum Gasteiger partial charge on any atom is -0.304 e. The van der Waals surface area contributed by atoms with Gasteiger partial charge >= 0.3 is 0 Å². The summed E-state index contributed by atoms with van der Waals surface area (Å²) >= 11 is 4.22. The third-order valence-corrected chi connectivity index (χ3v) is 2.47. The maximum absolute atomic E-state index is 4.22. The molecule has 0 N–H and O–H groups in total. The van der Waals surface area contributed by atoms with Crippen LogP contribution in [0.1, 0.15) is 39.5 Å². The predicted molar refractivity (Wildman–Crippen MR) is 60.1 cm³/mol. The van der Waals surface area contributed by atoms with Gasteiger partial charge < -0.3 is 4.90 Å². The molecule has 12 heavy (non-hydrogen) atoms. The SMILES string of the molecule is CCCCCN(CC)CCCS. The van der Waals surface area contributed by atoms with Gasteiger partial charge in [0.15, 0.2) is 0 Å². The molecule has 0 rings (SSSR count). The zero-order valence-corrected chi connectivity index (χ0v) is 9.45. The quantitative estimate of drug-likeness (QED) is 0.454. The Bertz CT molecular complexity index is 85.9. The fourth-order valence-corrected chi connectivity index (χ4v) is 1.45. The summed E-state index contributed by atoms with van der Waals surface area (Å²) in [6.45, 7) is 8.19. The van der Waals surface area contributed by atoms with Crippen molar-refractivity contribution in [1.82, 2.24) is 4.90 Å². The van der Waals surface area contributed by atoms with Crippen LogP contribution in [0.4, 0.5) is 0 Å². The van der Waals surface area contributed by atoms with Gasteiger partial charge in [-0.05, 0) is 38.2 Å².